The van der Waals surface area contributed by atoms with Gasteiger partial charge in [0.1, 0.15) is 11.7 Å². The first-order valence-electron chi connectivity index (χ1n) is 13.0. The van der Waals surface area contributed by atoms with Gasteiger partial charge in [-0.25, -0.2) is 9.78 Å². The van der Waals surface area contributed by atoms with E-state index in [9.17, 15) is 9.59 Å². The number of imidazole rings is 1. The Balaban J connectivity index is 1.62. The Morgan fingerprint density at radius 1 is 1.18 bits per heavy atom. The summed E-state index contributed by atoms with van der Waals surface area (Å²) in [6, 6.07) is 13.2. The summed E-state index contributed by atoms with van der Waals surface area (Å²) in [6.45, 7) is 5.90. The molecule has 2 aromatic carbocycles. The number of rotatable bonds is 10. The number of nitrogens with zero attached hydrogens (tertiary/aromatic N) is 3. The molecule has 1 fully saturated rings. The summed E-state index contributed by atoms with van der Waals surface area (Å²) in [6.07, 6.45) is 2.01. The molecule has 3 aromatic rings. The number of ether oxygens (including phenoxy) is 1. The molecule has 1 aliphatic rings. The third kappa shape index (κ3) is 5.41. The summed E-state index contributed by atoms with van der Waals surface area (Å²) >= 11 is 0. The summed E-state index contributed by atoms with van der Waals surface area (Å²) in [5.74, 6) is 0.509. The minimum absolute atomic E-state index is 0.0328. The number of quaternary nitrogens is 1. The maximum atomic E-state index is 14.0. The van der Waals surface area contributed by atoms with Gasteiger partial charge in [-0.15, -0.1) is 0 Å². The number of nitrogens with one attached hydrogen (secondary N) is 3. The molecule has 38 heavy (non-hydrogen) atoms. The van der Waals surface area contributed by atoms with E-state index in [2.05, 4.69) is 10.6 Å². The van der Waals surface area contributed by atoms with Crippen LogP contribution in [0.15, 0.2) is 42.5 Å². The fourth-order valence-electron chi connectivity index (χ4n) is 5.21. The van der Waals surface area contributed by atoms with Crippen LogP contribution in [-0.4, -0.2) is 65.0 Å². The van der Waals surface area contributed by atoms with E-state index in [1.165, 1.54) is 0 Å². The zero-order valence-electron chi connectivity index (χ0n) is 22.6. The fraction of sp³-hybridized carbons (Fsp3) is 0.429. The number of likely N-dealkylation sites (tertiary alicyclic amines) is 1. The Hall–Kier alpha value is -3.76. The summed E-state index contributed by atoms with van der Waals surface area (Å²) in [7, 11) is 3.94. The molecular weight excluding hydrogens is 482 g/mol. The maximum Gasteiger partial charge on any atom is 0.338 e. The van der Waals surface area contributed by atoms with Gasteiger partial charge in [0.05, 0.1) is 50.9 Å². The van der Waals surface area contributed by atoms with Crippen LogP contribution in [0.4, 0.5) is 5.69 Å². The average molecular weight is 521 g/mol. The number of carbonyl (C=O) groups is 2. The van der Waals surface area contributed by atoms with E-state index in [1.54, 1.807) is 19.1 Å². The molecule has 1 aliphatic heterocycles. The summed E-state index contributed by atoms with van der Waals surface area (Å²) in [5, 5.41) is 14.1. The molecule has 4 rings (SSSR count). The molecule has 5 N–H and O–H groups in total. The monoisotopic (exact) mass is 520 g/mol. The molecule has 1 aromatic heterocycles. The molecule has 0 aliphatic carbocycles. The number of hydrogen-bond acceptors (Lipinski definition) is 7. The molecule has 1 saturated heterocycles. The lowest BCUT2D eigenvalue weighted by Gasteiger charge is -2.37. The Bertz CT molecular complexity index is 1340. The van der Waals surface area contributed by atoms with Gasteiger partial charge >= 0.3 is 11.9 Å². The summed E-state index contributed by atoms with van der Waals surface area (Å²) in [4.78, 5) is 31.1. The number of anilines is 1. The van der Waals surface area contributed by atoms with Crippen molar-refractivity contribution in [3.8, 4) is 0 Å². The Morgan fingerprint density at radius 3 is 2.50 bits per heavy atom. The van der Waals surface area contributed by atoms with E-state index in [4.69, 9.17) is 20.9 Å². The summed E-state index contributed by atoms with van der Waals surface area (Å²) < 4.78 is 7.46. The molecule has 0 unspecified atom stereocenters. The smallest absolute Gasteiger partial charge is 0.338 e. The van der Waals surface area contributed by atoms with Crippen molar-refractivity contribution in [2.24, 2.45) is 12.8 Å². The number of benzene rings is 2. The van der Waals surface area contributed by atoms with Crippen molar-refractivity contribution >= 4 is 34.4 Å². The zero-order chi connectivity index (χ0) is 27.5. The van der Waals surface area contributed by atoms with Gasteiger partial charge in [0, 0.05) is 31.1 Å². The van der Waals surface area contributed by atoms with Gasteiger partial charge in [-0.2, -0.15) is 0 Å². The number of nitrogen functional groups attached to an aromatic ring is 1. The largest absolute Gasteiger partial charge is 0.465 e. The van der Waals surface area contributed by atoms with Gasteiger partial charge in [-0.05, 0) is 55.8 Å². The van der Waals surface area contributed by atoms with Gasteiger partial charge in [0.2, 0.25) is 0 Å². The number of amidine groups is 1. The highest BCUT2D eigenvalue weighted by molar-refractivity contribution is 5.95. The lowest BCUT2D eigenvalue weighted by molar-refractivity contribution is -0.823. The topological polar surface area (TPSA) is 135 Å². The van der Waals surface area contributed by atoms with Crippen molar-refractivity contribution in [2.75, 3.05) is 38.6 Å². The molecule has 2 heterocycles. The van der Waals surface area contributed by atoms with Gasteiger partial charge in [-0.1, -0.05) is 6.07 Å². The van der Waals surface area contributed by atoms with E-state index < -0.39 is 5.54 Å². The van der Waals surface area contributed by atoms with Gasteiger partial charge < -0.3 is 20.4 Å². The third-order valence-corrected chi connectivity index (χ3v) is 7.56. The fourth-order valence-corrected chi connectivity index (χ4v) is 5.21. The minimum Gasteiger partial charge on any atom is -0.465 e. The van der Waals surface area contributed by atoms with E-state index in [1.807, 2.05) is 55.9 Å². The van der Waals surface area contributed by atoms with E-state index in [0.717, 1.165) is 54.0 Å². The lowest BCUT2D eigenvalue weighted by Crippen LogP contribution is -2.61. The van der Waals surface area contributed by atoms with Crippen molar-refractivity contribution in [3.63, 3.8) is 0 Å². The SMILES string of the molecule is CCOC(=O)CN[C@@](C)(C(=O)[N+]1(C)CCCC1)c1ccc2c(c1)nc(CNc1ccc(C(=N)N)cc1)n2C. The molecule has 0 bridgehead atoms. The number of esters is 1. The normalized spacial score (nSPS) is 16.2. The Kier molecular flexibility index (Phi) is 7.84. The predicted octanol–water partition coefficient (Wildman–Crippen LogP) is 2.60. The second-order valence-corrected chi connectivity index (χ2v) is 10.3. The van der Waals surface area contributed by atoms with Gasteiger partial charge in [0.25, 0.3) is 0 Å². The number of amides is 1. The highest BCUT2D eigenvalue weighted by atomic mass is 16.5. The first-order valence-corrected chi connectivity index (χ1v) is 13.0. The van der Waals surface area contributed by atoms with Crippen molar-refractivity contribution in [1.82, 2.24) is 14.9 Å². The summed E-state index contributed by atoms with van der Waals surface area (Å²) in [5.41, 5.74) is 8.50. The van der Waals surface area contributed by atoms with E-state index >= 15 is 0 Å². The number of fused-ring (bicyclic) bond motifs is 1. The second-order valence-electron chi connectivity index (χ2n) is 10.3. The minimum atomic E-state index is -1.09. The third-order valence-electron chi connectivity index (χ3n) is 7.56. The number of carbonyl (C=O) groups excluding carboxylic acids is 2. The standard InChI is InChI=1S/C28H38N7O3/c1-5-38-25(36)18-32-28(2,27(37)35(4)14-6-7-15-35)20-10-13-23-22(16-20)33-24(34(23)3)17-31-21-11-8-19(9-12-21)26(29)30/h8-13,16,31-32H,5-7,14-15,17-18H2,1-4H3,(H3,29,30)/q+1/t28-/m1/s1. The van der Waals surface area contributed by atoms with Crippen LogP contribution < -0.4 is 16.4 Å². The van der Waals surface area contributed by atoms with Crippen LogP contribution in [-0.2, 0) is 33.5 Å². The molecule has 10 nitrogen and oxygen atoms in total. The number of aromatic nitrogens is 2. The van der Waals surface area contributed by atoms with Crippen LogP contribution in [0.2, 0.25) is 0 Å². The van der Waals surface area contributed by atoms with E-state index in [-0.39, 0.29) is 30.9 Å². The highest BCUT2D eigenvalue weighted by Gasteiger charge is 2.49. The van der Waals surface area contributed by atoms with Crippen molar-refractivity contribution < 1.29 is 18.8 Å². The number of likely N-dealkylation sites (N-methyl/N-ethyl adjacent to an activating group) is 1. The lowest BCUT2D eigenvalue weighted by atomic mass is 9.89. The van der Waals surface area contributed by atoms with Crippen LogP contribution in [0.1, 0.15) is 43.6 Å². The van der Waals surface area contributed by atoms with Gasteiger partial charge in [0.15, 0.2) is 5.54 Å². The number of aryl methyl sites for hydroxylation is 1. The Morgan fingerprint density at radius 2 is 1.87 bits per heavy atom. The zero-order valence-corrected chi connectivity index (χ0v) is 22.6. The average Bonchev–Trinajstić information content (AvgIpc) is 3.49. The number of nitrogens with two attached hydrogens (primary N) is 1. The molecule has 0 radical (unpaired) electrons. The molecular formula is C28H38N7O3+. The molecule has 1 atom stereocenters. The first kappa shape index (κ1) is 27.3. The molecule has 0 spiro atoms. The second kappa shape index (κ2) is 10.9. The molecule has 202 valence electrons. The van der Waals surface area contributed by atoms with Crippen molar-refractivity contribution in [2.45, 2.75) is 38.8 Å². The highest BCUT2D eigenvalue weighted by Crippen LogP contribution is 2.31. The number of hydrogen-bond donors (Lipinski definition) is 4. The van der Waals surface area contributed by atoms with E-state index in [0.29, 0.717) is 16.6 Å². The molecule has 0 saturated carbocycles. The van der Waals surface area contributed by atoms with Gasteiger partial charge in [-0.3, -0.25) is 20.0 Å². The van der Waals surface area contributed by atoms with Crippen LogP contribution in [0, 0.1) is 5.41 Å². The van der Waals surface area contributed by atoms with Crippen molar-refractivity contribution in [3.05, 3.63) is 59.4 Å². The predicted molar refractivity (Wildman–Crippen MR) is 148 cm³/mol. The van der Waals surface area contributed by atoms with Crippen LogP contribution >= 0.6 is 0 Å². The Labute approximate surface area is 223 Å². The quantitative estimate of drug-likeness (QED) is 0.140. The molecule has 10 heteroatoms. The van der Waals surface area contributed by atoms with Crippen LogP contribution in [0.25, 0.3) is 11.0 Å². The first-order chi connectivity index (χ1) is 18.1. The molecule has 1 amide bonds. The van der Waals surface area contributed by atoms with Crippen LogP contribution in [0.3, 0.4) is 0 Å². The van der Waals surface area contributed by atoms with Crippen molar-refractivity contribution in [1.29, 1.82) is 5.41 Å². The maximum absolute atomic E-state index is 14.0. The van der Waals surface area contributed by atoms with Crippen LogP contribution in [0.5, 0.6) is 0 Å².